The molecule has 0 fully saturated rings. The van der Waals surface area contributed by atoms with Crippen LogP contribution in [0.5, 0.6) is 5.75 Å². The molecule has 3 rings (SSSR count). The highest BCUT2D eigenvalue weighted by molar-refractivity contribution is 5.70. The second-order valence-electron chi connectivity index (χ2n) is 8.97. The van der Waals surface area contributed by atoms with Crippen LogP contribution in [-0.4, -0.2) is 29.3 Å². The number of hydrogen-bond donors (Lipinski definition) is 0. The molecule has 0 radical (unpaired) electrons. The van der Waals surface area contributed by atoms with Gasteiger partial charge in [0.1, 0.15) is 6.61 Å². The lowest BCUT2D eigenvalue weighted by molar-refractivity contribution is 0.0566. The van der Waals surface area contributed by atoms with E-state index >= 15 is 0 Å². The minimum atomic E-state index is -0.857. The van der Waals surface area contributed by atoms with E-state index in [1.807, 2.05) is 6.08 Å². The molecule has 0 saturated heterocycles. The van der Waals surface area contributed by atoms with Gasteiger partial charge in [-0.2, -0.15) is 0 Å². The molecule has 0 N–H and O–H groups in total. The second kappa shape index (κ2) is 15.0. The molecule has 6 heteroatoms. The van der Waals surface area contributed by atoms with Crippen LogP contribution in [0.25, 0.3) is 28.6 Å². The molecular formula is C31H36F2N2O2. The highest BCUT2D eigenvalue weighted by Crippen LogP contribution is 2.29. The molecule has 196 valence electrons. The van der Waals surface area contributed by atoms with Crippen LogP contribution in [-0.2, 0) is 4.74 Å². The molecule has 0 aliphatic carbocycles. The minimum Gasteiger partial charge on any atom is -0.486 e. The first-order valence-electron chi connectivity index (χ1n) is 13.0. The van der Waals surface area contributed by atoms with Crippen LogP contribution in [0.1, 0.15) is 57.9 Å². The Kier molecular flexibility index (Phi) is 11.4. The molecular weight excluding hydrogens is 470 g/mol. The van der Waals surface area contributed by atoms with E-state index in [1.54, 1.807) is 60.9 Å². The lowest BCUT2D eigenvalue weighted by Crippen LogP contribution is -2.08. The number of nitrogens with zero attached hydrogens (tertiary/aromatic N) is 2. The summed E-state index contributed by atoms with van der Waals surface area (Å²) in [5.74, 6) is -0.636. The number of unbranched alkanes of at least 4 members (excludes halogenated alkanes) is 3. The fourth-order valence-electron chi connectivity index (χ4n) is 3.86. The lowest BCUT2D eigenvalue weighted by atomic mass is 10.0. The van der Waals surface area contributed by atoms with Crippen LogP contribution in [0.3, 0.4) is 0 Å². The Hall–Kier alpha value is -3.38. The maximum Gasteiger partial charge on any atom is 0.167 e. The molecule has 0 bridgehead atoms. The number of hydrogen-bond acceptors (Lipinski definition) is 4. The average Bonchev–Trinajstić information content (AvgIpc) is 2.92. The number of halogens is 2. The van der Waals surface area contributed by atoms with E-state index in [9.17, 15) is 8.78 Å². The summed E-state index contributed by atoms with van der Waals surface area (Å²) in [4.78, 5) is 8.60. The number of allylic oxidation sites excluding steroid dienone is 1. The summed E-state index contributed by atoms with van der Waals surface area (Å²) >= 11 is 0. The average molecular weight is 507 g/mol. The molecule has 1 aromatic heterocycles. The van der Waals surface area contributed by atoms with Crippen LogP contribution in [0, 0.1) is 11.6 Å². The van der Waals surface area contributed by atoms with Gasteiger partial charge in [0, 0.05) is 23.3 Å². The van der Waals surface area contributed by atoms with Crippen molar-refractivity contribution in [2.45, 2.75) is 58.5 Å². The first kappa shape index (κ1) is 28.2. The van der Waals surface area contributed by atoms with Crippen molar-refractivity contribution in [3.05, 3.63) is 84.7 Å². The van der Waals surface area contributed by atoms with Crippen molar-refractivity contribution in [3.63, 3.8) is 0 Å². The highest BCUT2D eigenvalue weighted by atomic mass is 19.2. The van der Waals surface area contributed by atoms with Crippen molar-refractivity contribution >= 4 is 6.08 Å². The van der Waals surface area contributed by atoms with Gasteiger partial charge in [0.25, 0.3) is 0 Å². The summed E-state index contributed by atoms with van der Waals surface area (Å²) in [7, 11) is 0. The molecule has 37 heavy (non-hydrogen) atoms. The number of rotatable bonds is 15. The summed E-state index contributed by atoms with van der Waals surface area (Å²) in [6.45, 7) is 9.04. The van der Waals surface area contributed by atoms with Crippen LogP contribution in [0.4, 0.5) is 8.78 Å². The van der Waals surface area contributed by atoms with Crippen LogP contribution in [0.15, 0.2) is 67.5 Å². The minimum absolute atomic E-state index is 0.212. The molecule has 0 spiro atoms. The van der Waals surface area contributed by atoms with Crippen molar-refractivity contribution in [1.82, 2.24) is 9.97 Å². The third kappa shape index (κ3) is 8.60. The first-order valence-corrected chi connectivity index (χ1v) is 13.0. The number of aromatic nitrogens is 2. The highest BCUT2D eigenvalue weighted by Gasteiger charge is 2.14. The molecule has 4 nitrogen and oxygen atoms in total. The predicted molar refractivity (Wildman–Crippen MR) is 146 cm³/mol. The number of benzene rings is 2. The summed E-state index contributed by atoms with van der Waals surface area (Å²) in [5, 5.41) is 0. The van der Waals surface area contributed by atoms with Crippen LogP contribution >= 0.6 is 0 Å². The Labute approximate surface area is 219 Å². The maximum atomic E-state index is 14.9. The topological polar surface area (TPSA) is 44.2 Å². The zero-order valence-electron chi connectivity index (χ0n) is 21.8. The Morgan fingerprint density at radius 1 is 0.946 bits per heavy atom. The standard InChI is InChI=1S/C31H36F2N2O2/c1-4-6-10-20-36-23(3)11-8-7-9-12-25-17-18-28(30(33)29(25)32)24-13-15-26(16-14-24)31-34-21-27(22-35-31)37-19-5-2/h5,9,12-18,21-23H,2,4,6-8,10-11,19-20H2,1,3H3. The van der Waals surface area contributed by atoms with E-state index in [-0.39, 0.29) is 17.2 Å². The van der Waals surface area contributed by atoms with Gasteiger partial charge in [0.2, 0.25) is 0 Å². The third-order valence-corrected chi connectivity index (χ3v) is 5.99. The van der Waals surface area contributed by atoms with E-state index in [4.69, 9.17) is 9.47 Å². The Bertz CT molecular complexity index is 1150. The molecule has 1 heterocycles. The third-order valence-electron chi connectivity index (χ3n) is 5.99. The van der Waals surface area contributed by atoms with Crippen LogP contribution < -0.4 is 4.74 Å². The molecule has 0 aliphatic rings. The molecule has 0 amide bonds. The molecule has 0 aliphatic heterocycles. The normalized spacial score (nSPS) is 12.1. The largest absolute Gasteiger partial charge is 0.486 e. The second-order valence-corrected chi connectivity index (χ2v) is 8.97. The summed E-state index contributed by atoms with van der Waals surface area (Å²) < 4.78 is 40.9. The summed E-state index contributed by atoms with van der Waals surface area (Å²) in [5.41, 5.74) is 1.80. The van der Waals surface area contributed by atoms with Gasteiger partial charge < -0.3 is 9.47 Å². The Morgan fingerprint density at radius 3 is 2.38 bits per heavy atom. The van der Waals surface area contributed by atoms with Gasteiger partial charge in [0.05, 0.1) is 18.5 Å². The molecule has 0 saturated carbocycles. The fraction of sp³-hybridized carbons (Fsp3) is 0.355. The van der Waals surface area contributed by atoms with E-state index in [0.29, 0.717) is 23.7 Å². The molecule has 1 atom stereocenters. The van der Waals surface area contributed by atoms with Gasteiger partial charge >= 0.3 is 0 Å². The van der Waals surface area contributed by atoms with Gasteiger partial charge in [-0.1, -0.05) is 81.0 Å². The Balaban J connectivity index is 1.56. The monoisotopic (exact) mass is 506 g/mol. The van der Waals surface area contributed by atoms with Crippen molar-refractivity contribution in [2.75, 3.05) is 13.2 Å². The van der Waals surface area contributed by atoms with Crippen molar-refractivity contribution < 1.29 is 18.3 Å². The lowest BCUT2D eigenvalue weighted by Gasteiger charge is -2.12. The van der Waals surface area contributed by atoms with Gasteiger partial charge in [-0.3, -0.25) is 0 Å². The smallest absolute Gasteiger partial charge is 0.167 e. The zero-order valence-corrected chi connectivity index (χ0v) is 21.8. The SMILES string of the molecule is C=CCOc1cnc(-c2ccc(-c3ccc(C=CCCCC(C)OCCCCC)c(F)c3F)cc2)nc1. The fourth-order valence-corrected chi connectivity index (χ4v) is 3.86. The van der Waals surface area contributed by atoms with Gasteiger partial charge in [-0.05, 0) is 38.2 Å². The zero-order chi connectivity index (χ0) is 26.5. The van der Waals surface area contributed by atoms with E-state index in [0.717, 1.165) is 37.9 Å². The Morgan fingerprint density at radius 2 is 1.68 bits per heavy atom. The molecule has 3 aromatic rings. The van der Waals surface area contributed by atoms with Gasteiger partial charge in [-0.25, -0.2) is 18.7 Å². The summed E-state index contributed by atoms with van der Waals surface area (Å²) in [6, 6.07) is 10.3. The van der Waals surface area contributed by atoms with Crippen LogP contribution in [0.2, 0.25) is 0 Å². The number of ether oxygens (including phenoxy) is 2. The van der Waals surface area contributed by atoms with Gasteiger partial charge in [0.15, 0.2) is 23.2 Å². The van der Waals surface area contributed by atoms with Gasteiger partial charge in [-0.15, -0.1) is 0 Å². The van der Waals surface area contributed by atoms with E-state index in [1.165, 1.54) is 12.8 Å². The van der Waals surface area contributed by atoms with Crippen molar-refractivity contribution in [1.29, 1.82) is 0 Å². The maximum absolute atomic E-state index is 14.9. The summed E-state index contributed by atoms with van der Waals surface area (Å²) in [6.07, 6.45) is 14.7. The quantitative estimate of drug-likeness (QED) is 0.153. The first-order chi connectivity index (χ1) is 18.0. The predicted octanol–water partition coefficient (Wildman–Crippen LogP) is 8.43. The van der Waals surface area contributed by atoms with E-state index in [2.05, 4.69) is 30.4 Å². The van der Waals surface area contributed by atoms with E-state index < -0.39 is 11.6 Å². The van der Waals surface area contributed by atoms with Crippen molar-refractivity contribution in [3.8, 4) is 28.3 Å². The molecule has 1 unspecified atom stereocenters. The molecule has 2 aromatic carbocycles. The van der Waals surface area contributed by atoms with Crippen molar-refractivity contribution in [2.24, 2.45) is 0 Å².